The van der Waals surface area contributed by atoms with Crippen molar-refractivity contribution >= 4 is 53.3 Å². The van der Waals surface area contributed by atoms with Crippen LogP contribution in [0.4, 0.5) is 0 Å². The summed E-state index contributed by atoms with van der Waals surface area (Å²) in [7, 11) is 0. The van der Waals surface area contributed by atoms with Gasteiger partial charge in [-0.25, -0.2) is 15.0 Å². The summed E-state index contributed by atoms with van der Waals surface area (Å²) in [5.74, 6) is 0.646. The molecule has 0 bridgehead atoms. The van der Waals surface area contributed by atoms with E-state index < -0.39 is 18.1 Å². The van der Waals surface area contributed by atoms with E-state index in [2.05, 4.69) is 132 Å². The fourth-order valence-corrected chi connectivity index (χ4v) is 8.91. The van der Waals surface area contributed by atoms with Gasteiger partial charge < -0.3 is 4.57 Å². The number of rotatable bonds is 6. The normalized spacial score (nSPS) is 12.8. The first kappa shape index (κ1) is 27.4. The zero-order valence-corrected chi connectivity index (χ0v) is 30.6. The van der Waals surface area contributed by atoms with Crippen molar-refractivity contribution in [3.05, 3.63) is 194 Å². The quantitative estimate of drug-likeness (QED) is 0.171. The van der Waals surface area contributed by atoms with Gasteiger partial charge in [0.25, 0.3) is 0 Å². The van der Waals surface area contributed by atoms with E-state index in [9.17, 15) is 0 Å². The Balaban J connectivity index is 1.22. The van der Waals surface area contributed by atoms with Crippen molar-refractivity contribution in [2.24, 2.45) is 0 Å². The van der Waals surface area contributed by atoms with Gasteiger partial charge in [-0.3, -0.25) is 0 Å². The third kappa shape index (κ3) is 5.48. The Morgan fingerprint density at radius 3 is 1.70 bits per heavy atom. The molecule has 3 heterocycles. The van der Waals surface area contributed by atoms with Crippen LogP contribution in [0.3, 0.4) is 0 Å². The van der Waals surface area contributed by atoms with Crippen LogP contribution in [0.5, 0.6) is 0 Å². The van der Waals surface area contributed by atoms with Crippen LogP contribution >= 0.6 is 11.3 Å². The predicted molar refractivity (Wildman–Crippen MR) is 234 cm³/mol. The second-order valence-corrected chi connectivity index (χ2v) is 14.7. The number of benzene rings is 8. The SMILES string of the molecule is [2H]c1c([2H])c([2H])c(-c2nc(-c3ccccc3)nc(-c3cc(-n4c5ccccc5c5ccccc54)cc4c3sc3ccc(-c5cccc(-c6ccccc6)c5)cc34)n2)c([2H])c1[2H]. The van der Waals surface area contributed by atoms with Gasteiger partial charge in [-0.15, -0.1) is 11.3 Å². The average Bonchev–Trinajstić information content (AvgIpc) is 3.86. The van der Waals surface area contributed by atoms with E-state index in [0.717, 1.165) is 75.5 Å². The Kier molecular flexibility index (Phi) is 6.49. The van der Waals surface area contributed by atoms with Gasteiger partial charge in [0.15, 0.2) is 17.5 Å². The molecule has 0 saturated heterocycles. The van der Waals surface area contributed by atoms with E-state index in [1.807, 2.05) is 36.4 Å². The molecule has 0 radical (unpaired) electrons. The van der Waals surface area contributed by atoms with E-state index in [0.29, 0.717) is 17.2 Å². The minimum atomic E-state index is -0.478. The number of hydrogen-bond acceptors (Lipinski definition) is 4. The molecule has 0 amide bonds. The number of fused-ring (bicyclic) bond motifs is 6. The topological polar surface area (TPSA) is 43.6 Å². The summed E-state index contributed by atoms with van der Waals surface area (Å²) in [4.78, 5) is 14.9. The zero-order chi connectivity index (χ0) is 41.4. The highest BCUT2D eigenvalue weighted by atomic mass is 32.1. The molecule has 0 aliphatic rings. The molecule has 0 spiro atoms. The van der Waals surface area contributed by atoms with Gasteiger partial charge in [0.2, 0.25) is 0 Å². The lowest BCUT2D eigenvalue weighted by atomic mass is 9.97. The van der Waals surface area contributed by atoms with E-state index in [1.54, 1.807) is 11.3 Å². The van der Waals surface area contributed by atoms with Gasteiger partial charge in [-0.1, -0.05) is 152 Å². The Hall–Kier alpha value is -7.21. The molecule has 262 valence electrons. The monoisotopic (exact) mass is 737 g/mol. The van der Waals surface area contributed by atoms with Gasteiger partial charge in [-0.2, -0.15) is 0 Å². The van der Waals surface area contributed by atoms with Crippen molar-refractivity contribution in [3.63, 3.8) is 0 Å². The number of hydrogen-bond donors (Lipinski definition) is 0. The maximum absolute atomic E-state index is 8.89. The molecule has 0 N–H and O–H groups in total. The number of para-hydroxylation sites is 2. The van der Waals surface area contributed by atoms with E-state index in [1.165, 1.54) is 0 Å². The van der Waals surface area contributed by atoms with Crippen molar-refractivity contribution in [1.29, 1.82) is 0 Å². The molecule has 11 aromatic rings. The van der Waals surface area contributed by atoms with Crippen LogP contribution in [-0.4, -0.2) is 19.5 Å². The third-order valence-corrected chi connectivity index (χ3v) is 11.5. The summed E-state index contributed by atoms with van der Waals surface area (Å²) in [6.07, 6.45) is 0. The van der Waals surface area contributed by atoms with Crippen molar-refractivity contribution in [1.82, 2.24) is 19.5 Å². The minimum Gasteiger partial charge on any atom is -0.309 e. The second kappa shape index (κ2) is 13.3. The van der Waals surface area contributed by atoms with Gasteiger partial charge in [0.1, 0.15) is 0 Å². The van der Waals surface area contributed by atoms with Gasteiger partial charge in [0, 0.05) is 53.3 Å². The molecule has 3 aromatic heterocycles. The Morgan fingerprint density at radius 2 is 0.982 bits per heavy atom. The summed E-state index contributed by atoms with van der Waals surface area (Å²) in [5.41, 5.74) is 8.84. The molecule has 0 saturated carbocycles. The van der Waals surface area contributed by atoms with Gasteiger partial charge in [-0.05, 0) is 64.7 Å². The molecule has 0 aliphatic heterocycles. The molecule has 0 atom stereocenters. The van der Waals surface area contributed by atoms with Crippen molar-refractivity contribution < 1.29 is 6.85 Å². The molecule has 0 fully saturated rings. The molecule has 0 unspecified atom stereocenters. The lowest BCUT2D eigenvalue weighted by Gasteiger charge is -2.13. The first-order valence-corrected chi connectivity index (χ1v) is 19.2. The maximum atomic E-state index is 8.89. The fourth-order valence-electron chi connectivity index (χ4n) is 7.73. The average molecular weight is 738 g/mol. The molecule has 56 heavy (non-hydrogen) atoms. The Labute approximate surface area is 334 Å². The van der Waals surface area contributed by atoms with Crippen LogP contribution < -0.4 is 0 Å². The van der Waals surface area contributed by atoms with E-state index >= 15 is 0 Å². The largest absolute Gasteiger partial charge is 0.309 e. The molecular weight excluding hydrogens is 701 g/mol. The highest BCUT2D eigenvalue weighted by Gasteiger charge is 2.21. The van der Waals surface area contributed by atoms with Gasteiger partial charge in [0.05, 0.1) is 17.9 Å². The van der Waals surface area contributed by atoms with Crippen LogP contribution in [0.2, 0.25) is 0 Å². The molecule has 5 heteroatoms. The Bertz CT molecular complexity index is 3470. The summed E-state index contributed by atoms with van der Waals surface area (Å²) in [6, 6.07) is 54.1. The van der Waals surface area contributed by atoms with Gasteiger partial charge >= 0.3 is 0 Å². The van der Waals surface area contributed by atoms with Crippen LogP contribution in [0, 0.1) is 0 Å². The van der Waals surface area contributed by atoms with Crippen LogP contribution in [0.1, 0.15) is 6.85 Å². The number of aromatic nitrogens is 4. The number of nitrogens with zero attached hydrogens (tertiary/aromatic N) is 4. The third-order valence-electron chi connectivity index (χ3n) is 10.3. The van der Waals surface area contributed by atoms with Crippen LogP contribution in [0.25, 0.3) is 104 Å². The standard InChI is InChI=1S/C51H32N4S/c1-4-15-33(16-5-1)36-21-14-22-37(29-36)38-27-28-47-42(30-38)43-31-39(55-45-25-12-10-23-40(45)41-24-11-13-26-46(41)55)32-44(48(43)56-47)51-53-49(34-17-6-2-7-18-34)52-50(54-51)35-19-8-3-9-20-35/h1-32H/i2D,6D,7D,17D,18D. The summed E-state index contributed by atoms with van der Waals surface area (Å²) >= 11 is 1.65. The lowest BCUT2D eigenvalue weighted by molar-refractivity contribution is 1.07. The fraction of sp³-hybridized carbons (Fsp3) is 0. The molecular formula is C51H32N4S. The highest BCUT2D eigenvalue weighted by Crippen LogP contribution is 2.44. The first-order chi connectivity index (χ1) is 29.8. The minimum absolute atomic E-state index is 0.00188. The molecule has 0 aliphatic carbocycles. The van der Waals surface area contributed by atoms with E-state index in [4.69, 9.17) is 21.8 Å². The van der Waals surface area contributed by atoms with Crippen molar-refractivity contribution in [3.8, 4) is 62.1 Å². The second-order valence-electron chi connectivity index (χ2n) is 13.7. The maximum Gasteiger partial charge on any atom is 0.165 e. The summed E-state index contributed by atoms with van der Waals surface area (Å²) in [6.45, 7) is 0. The number of thiophene rings is 1. The van der Waals surface area contributed by atoms with Crippen LogP contribution in [0.15, 0.2) is 194 Å². The summed E-state index contributed by atoms with van der Waals surface area (Å²) < 4.78 is 47.3. The van der Waals surface area contributed by atoms with Crippen molar-refractivity contribution in [2.75, 3.05) is 0 Å². The first-order valence-electron chi connectivity index (χ1n) is 20.9. The zero-order valence-electron chi connectivity index (χ0n) is 34.8. The van der Waals surface area contributed by atoms with E-state index in [-0.39, 0.29) is 23.5 Å². The van der Waals surface area contributed by atoms with Crippen LogP contribution in [-0.2, 0) is 0 Å². The lowest BCUT2D eigenvalue weighted by Crippen LogP contribution is -2.01. The molecule has 8 aromatic carbocycles. The Morgan fingerprint density at radius 1 is 0.411 bits per heavy atom. The van der Waals surface area contributed by atoms with Crippen molar-refractivity contribution in [2.45, 2.75) is 0 Å². The molecule has 4 nitrogen and oxygen atoms in total. The smallest absolute Gasteiger partial charge is 0.165 e. The highest BCUT2D eigenvalue weighted by molar-refractivity contribution is 7.26. The molecule has 11 rings (SSSR count). The summed E-state index contributed by atoms with van der Waals surface area (Å²) in [5, 5.41) is 4.35. The predicted octanol–water partition coefficient (Wildman–Crippen LogP) is 13.7.